The fraction of sp³-hybridized carbons (Fsp3) is 0.267. The van der Waals surface area contributed by atoms with Gasteiger partial charge < -0.3 is 20.9 Å². The molecular weight excluding hydrogens is 413 g/mol. The minimum atomic E-state index is -1.03. The molecule has 4 N–H and O–H groups in total. The van der Waals surface area contributed by atoms with Crippen molar-refractivity contribution in [3.8, 4) is 5.75 Å². The van der Waals surface area contributed by atoms with E-state index in [-0.39, 0.29) is 36.5 Å². The zero-order valence-corrected chi connectivity index (χ0v) is 15.6. The Labute approximate surface area is 151 Å². The Morgan fingerprint density at radius 3 is 2.86 bits per heavy atom. The lowest BCUT2D eigenvalue weighted by atomic mass is 10.00. The average molecular weight is 433 g/mol. The summed E-state index contributed by atoms with van der Waals surface area (Å²) >= 11 is 1.54. The second-order valence-corrected chi connectivity index (χ2v) is 5.62. The Hall–Kier alpha value is -1.32. The van der Waals surface area contributed by atoms with Crippen LogP contribution < -0.4 is 15.8 Å². The lowest BCUT2D eigenvalue weighted by molar-refractivity contribution is 0.0678. The number of aliphatic imine (C=N–C) groups is 1. The van der Waals surface area contributed by atoms with Gasteiger partial charge in [-0.25, -0.2) is 4.99 Å². The van der Waals surface area contributed by atoms with E-state index in [1.54, 1.807) is 14.0 Å². The highest BCUT2D eigenvalue weighted by atomic mass is 127. The standard InChI is InChI=1S/C15H19N3O2S.HI/c1-15(19,11-6-7-21-9-11)10-17-14(16)18-12-4-3-5-13(8-12)20-2;/h3-9,19H,10H2,1-2H3,(H3,16,17,18);1H. The number of thiophene rings is 1. The molecule has 5 nitrogen and oxygen atoms in total. The van der Waals surface area contributed by atoms with Gasteiger partial charge in [-0.3, -0.25) is 0 Å². The van der Waals surface area contributed by atoms with Crippen LogP contribution in [0, 0.1) is 0 Å². The third-order valence-electron chi connectivity index (χ3n) is 3.04. The second kappa shape index (κ2) is 8.35. The van der Waals surface area contributed by atoms with Gasteiger partial charge in [-0.05, 0) is 41.4 Å². The summed E-state index contributed by atoms with van der Waals surface area (Å²) in [6.45, 7) is 1.91. The van der Waals surface area contributed by atoms with Crippen LogP contribution in [0.25, 0.3) is 0 Å². The Morgan fingerprint density at radius 1 is 1.45 bits per heavy atom. The van der Waals surface area contributed by atoms with Crippen molar-refractivity contribution < 1.29 is 9.84 Å². The molecule has 0 aliphatic heterocycles. The van der Waals surface area contributed by atoms with E-state index in [0.717, 1.165) is 17.0 Å². The number of nitrogens with zero attached hydrogens (tertiary/aromatic N) is 1. The Bertz CT molecular complexity index is 615. The van der Waals surface area contributed by atoms with Crippen LogP contribution >= 0.6 is 35.3 Å². The summed E-state index contributed by atoms with van der Waals surface area (Å²) in [4.78, 5) is 4.20. The summed E-state index contributed by atoms with van der Waals surface area (Å²) in [5.74, 6) is 0.983. The van der Waals surface area contributed by atoms with Crippen molar-refractivity contribution in [1.29, 1.82) is 0 Å². The molecule has 0 fully saturated rings. The number of aliphatic hydroxyl groups is 1. The van der Waals surface area contributed by atoms with E-state index in [4.69, 9.17) is 10.5 Å². The van der Waals surface area contributed by atoms with E-state index >= 15 is 0 Å². The highest BCUT2D eigenvalue weighted by Crippen LogP contribution is 2.23. The van der Waals surface area contributed by atoms with Gasteiger partial charge in [0.25, 0.3) is 0 Å². The molecule has 0 saturated heterocycles. The maximum atomic E-state index is 10.4. The number of ether oxygens (including phenoxy) is 1. The van der Waals surface area contributed by atoms with Gasteiger partial charge in [-0.15, -0.1) is 24.0 Å². The summed E-state index contributed by atoms with van der Waals surface area (Å²) < 4.78 is 5.14. The van der Waals surface area contributed by atoms with E-state index in [1.165, 1.54) is 11.3 Å². The lowest BCUT2D eigenvalue weighted by Crippen LogP contribution is -2.29. The first-order valence-electron chi connectivity index (χ1n) is 6.47. The quantitative estimate of drug-likeness (QED) is 0.385. The smallest absolute Gasteiger partial charge is 0.193 e. The molecule has 1 aromatic heterocycles. The zero-order valence-electron chi connectivity index (χ0n) is 12.4. The minimum Gasteiger partial charge on any atom is -0.497 e. The molecule has 0 bridgehead atoms. The molecule has 7 heteroatoms. The zero-order chi connectivity index (χ0) is 15.3. The Morgan fingerprint density at radius 2 is 2.23 bits per heavy atom. The van der Waals surface area contributed by atoms with E-state index in [9.17, 15) is 5.11 Å². The number of nitrogens with two attached hydrogens (primary N) is 1. The molecule has 0 spiro atoms. The van der Waals surface area contributed by atoms with Crippen molar-refractivity contribution in [3.05, 3.63) is 46.7 Å². The summed E-state index contributed by atoms with van der Waals surface area (Å²) in [6.07, 6.45) is 0. The molecule has 1 aromatic carbocycles. The van der Waals surface area contributed by atoms with Crippen LogP contribution in [0.1, 0.15) is 12.5 Å². The fourth-order valence-electron chi connectivity index (χ4n) is 1.79. The van der Waals surface area contributed by atoms with Crippen LogP contribution in [0.5, 0.6) is 5.75 Å². The van der Waals surface area contributed by atoms with Crippen molar-refractivity contribution in [3.63, 3.8) is 0 Å². The normalized spacial score (nSPS) is 13.9. The van der Waals surface area contributed by atoms with Crippen LogP contribution in [0.2, 0.25) is 0 Å². The van der Waals surface area contributed by atoms with Crippen LogP contribution in [-0.2, 0) is 5.60 Å². The highest BCUT2D eigenvalue weighted by Gasteiger charge is 2.23. The first-order valence-corrected chi connectivity index (χ1v) is 7.41. The molecule has 0 radical (unpaired) electrons. The molecule has 1 unspecified atom stereocenters. The summed E-state index contributed by atoms with van der Waals surface area (Å²) in [5.41, 5.74) is 6.44. The average Bonchev–Trinajstić information content (AvgIpc) is 3.00. The van der Waals surface area contributed by atoms with Gasteiger partial charge in [0.15, 0.2) is 5.96 Å². The van der Waals surface area contributed by atoms with E-state index in [2.05, 4.69) is 10.3 Å². The predicted octanol–water partition coefficient (Wildman–Crippen LogP) is 3.01. The summed E-state index contributed by atoms with van der Waals surface area (Å²) in [5, 5.41) is 17.2. The first kappa shape index (κ1) is 18.7. The van der Waals surface area contributed by atoms with E-state index < -0.39 is 5.60 Å². The van der Waals surface area contributed by atoms with E-state index in [0.29, 0.717) is 0 Å². The van der Waals surface area contributed by atoms with Gasteiger partial charge in [0.05, 0.1) is 13.7 Å². The number of hydrogen-bond acceptors (Lipinski definition) is 4. The monoisotopic (exact) mass is 433 g/mol. The number of benzene rings is 1. The third-order valence-corrected chi connectivity index (χ3v) is 3.73. The van der Waals surface area contributed by atoms with Crippen molar-refractivity contribution in [1.82, 2.24) is 0 Å². The Kier molecular flexibility index (Phi) is 7.11. The van der Waals surface area contributed by atoms with Crippen molar-refractivity contribution in [2.45, 2.75) is 12.5 Å². The predicted molar refractivity (Wildman–Crippen MR) is 102 cm³/mol. The number of hydrogen-bond donors (Lipinski definition) is 3. The fourth-order valence-corrected chi connectivity index (χ4v) is 2.57. The SMILES string of the molecule is COc1cccc(NC(N)=NCC(C)(O)c2ccsc2)c1.I. The van der Waals surface area contributed by atoms with E-state index in [1.807, 2.05) is 41.1 Å². The van der Waals surface area contributed by atoms with Gasteiger partial charge in [-0.1, -0.05) is 6.07 Å². The minimum absolute atomic E-state index is 0. The molecule has 2 aromatic rings. The van der Waals surface area contributed by atoms with Crippen LogP contribution in [0.15, 0.2) is 46.1 Å². The molecule has 1 heterocycles. The van der Waals surface area contributed by atoms with Crippen LogP contribution in [0.4, 0.5) is 5.69 Å². The molecule has 2 rings (SSSR count). The summed E-state index contributed by atoms with van der Waals surface area (Å²) in [6, 6.07) is 9.27. The molecule has 1 atom stereocenters. The molecule has 22 heavy (non-hydrogen) atoms. The topological polar surface area (TPSA) is 79.9 Å². The van der Waals surface area contributed by atoms with Crippen LogP contribution in [0.3, 0.4) is 0 Å². The summed E-state index contributed by atoms with van der Waals surface area (Å²) in [7, 11) is 1.61. The third kappa shape index (κ3) is 5.15. The van der Waals surface area contributed by atoms with Crippen LogP contribution in [-0.4, -0.2) is 24.7 Å². The van der Waals surface area contributed by atoms with Crippen molar-refractivity contribution in [2.75, 3.05) is 19.0 Å². The van der Waals surface area contributed by atoms with Gasteiger partial charge in [0, 0.05) is 11.8 Å². The number of methoxy groups -OCH3 is 1. The molecule has 0 aliphatic rings. The number of rotatable bonds is 5. The largest absolute Gasteiger partial charge is 0.497 e. The van der Waals surface area contributed by atoms with Gasteiger partial charge in [0.2, 0.25) is 0 Å². The molecule has 0 amide bonds. The molecular formula is C15H20IN3O2S. The highest BCUT2D eigenvalue weighted by molar-refractivity contribution is 14.0. The van der Waals surface area contributed by atoms with Gasteiger partial charge in [0.1, 0.15) is 11.4 Å². The molecule has 0 aliphatic carbocycles. The van der Waals surface area contributed by atoms with Crippen molar-refractivity contribution >= 4 is 47.0 Å². The maximum absolute atomic E-state index is 10.4. The number of guanidine groups is 1. The Balaban J connectivity index is 0.00000242. The second-order valence-electron chi connectivity index (χ2n) is 4.84. The molecule has 120 valence electrons. The maximum Gasteiger partial charge on any atom is 0.193 e. The van der Waals surface area contributed by atoms with Gasteiger partial charge in [-0.2, -0.15) is 11.3 Å². The lowest BCUT2D eigenvalue weighted by Gasteiger charge is -2.20. The number of nitrogens with one attached hydrogen (secondary N) is 1. The number of anilines is 1. The first-order chi connectivity index (χ1) is 10.0. The number of halogens is 1. The molecule has 0 saturated carbocycles. The van der Waals surface area contributed by atoms with Gasteiger partial charge >= 0.3 is 0 Å². The van der Waals surface area contributed by atoms with Crippen molar-refractivity contribution in [2.24, 2.45) is 10.7 Å².